The van der Waals surface area contributed by atoms with Gasteiger partial charge in [-0.25, -0.2) is 4.39 Å². The SMILES string of the molecule is Fc1ccc(Cl)cc1CCNCC1CNC1. The average Bonchev–Trinajstić information content (AvgIpc) is 2.20. The largest absolute Gasteiger partial charge is 0.316 e. The van der Waals surface area contributed by atoms with Gasteiger partial charge in [-0.05, 0) is 42.6 Å². The van der Waals surface area contributed by atoms with Crippen LogP contribution < -0.4 is 10.6 Å². The fraction of sp³-hybridized carbons (Fsp3) is 0.500. The van der Waals surface area contributed by atoms with Crippen LogP contribution in [0.25, 0.3) is 0 Å². The molecule has 0 aromatic heterocycles. The molecule has 1 aromatic carbocycles. The predicted octanol–water partition coefficient (Wildman–Crippen LogP) is 1.83. The first-order valence-electron chi connectivity index (χ1n) is 5.61. The standard InChI is InChI=1S/C12H16ClFN2/c13-11-1-2-12(14)10(5-11)3-4-15-6-9-7-16-8-9/h1-2,5,9,15-16H,3-4,6-8H2. The molecule has 88 valence electrons. The Morgan fingerprint density at radius 3 is 2.94 bits per heavy atom. The lowest BCUT2D eigenvalue weighted by atomic mass is 10.0. The molecule has 2 nitrogen and oxygen atoms in total. The van der Waals surface area contributed by atoms with Crippen LogP contribution >= 0.6 is 11.6 Å². The van der Waals surface area contributed by atoms with E-state index in [9.17, 15) is 4.39 Å². The third kappa shape index (κ3) is 3.17. The summed E-state index contributed by atoms with van der Waals surface area (Å²) in [6.45, 7) is 4.00. The minimum atomic E-state index is -0.170. The van der Waals surface area contributed by atoms with Crippen molar-refractivity contribution in [3.63, 3.8) is 0 Å². The van der Waals surface area contributed by atoms with Crippen molar-refractivity contribution in [2.45, 2.75) is 6.42 Å². The molecule has 1 aliphatic rings. The summed E-state index contributed by atoms with van der Waals surface area (Å²) in [4.78, 5) is 0. The Morgan fingerprint density at radius 2 is 2.25 bits per heavy atom. The molecule has 1 aromatic rings. The van der Waals surface area contributed by atoms with Gasteiger partial charge >= 0.3 is 0 Å². The second kappa shape index (κ2) is 5.62. The molecule has 1 heterocycles. The van der Waals surface area contributed by atoms with Crippen LogP contribution in [0.15, 0.2) is 18.2 Å². The van der Waals surface area contributed by atoms with E-state index in [0.717, 1.165) is 32.1 Å². The molecule has 0 atom stereocenters. The molecule has 0 aliphatic carbocycles. The van der Waals surface area contributed by atoms with Crippen LogP contribution in [0.1, 0.15) is 5.56 Å². The molecule has 0 unspecified atom stereocenters. The molecular weight excluding hydrogens is 227 g/mol. The van der Waals surface area contributed by atoms with Gasteiger partial charge < -0.3 is 10.6 Å². The smallest absolute Gasteiger partial charge is 0.126 e. The number of benzene rings is 1. The topological polar surface area (TPSA) is 24.1 Å². The lowest BCUT2D eigenvalue weighted by Gasteiger charge is -2.27. The Bertz CT molecular complexity index is 353. The number of hydrogen-bond acceptors (Lipinski definition) is 2. The summed E-state index contributed by atoms with van der Waals surface area (Å²) >= 11 is 5.82. The van der Waals surface area contributed by atoms with Crippen molar-refractivity contribution in [1.82, 2.24) is 10.6 Å². The van der Waals surface area contributed by atoms with Crippen molar-refractivity contribution in [2.24, 2.45) is 5.92 Å². The maximum atomic E-state index is 13.3. The first kappa shape index (κ1) is 11.8. The van der Waals surface area contributed by atoms with Gasteiger partial charge in [-0.3, -0.25) is 0 Å². The van der Waals surface area contributed by atoms with E-state index in [4.69, 9.17) is 11.6 Å². The molecule has 2 N–H and O–H groups in total. The molecular formula is C12H16ClFN2. The van der Waals surface area contributed by atoms with Gasteiger partial charge in [0.25, 0.3) is 0 Å². The lowest BCUT2D eigenvalue weighted by Crippen LogP contribution is -2.47. The van der Waals surface area contributed by atoms with E-state index in [1.807, 2.05) is 0 Å². The zero-order valence-corrected chi connectivity index (χ0v) is 9.86. The van der Waals surface area contributed by atoms with Gasteiger partial charge in [0.05, 0.1) is 0 Å². The van der Waals surface area contributed by atoms with E-state index in [2.05, 4.69) is 10.6 Å². The van der Waals surface area contributed by atoms with Gasteiger partial charge in [-0.2, -0.15) is 0 Å². The highest BCUT2D eigenvalue weighted by Crippen LogP contribution is 2.15. The first-order valence-corrected chi connectivity index (χ1v) is 5.99. The number of hydrogen-bond donors (Lipinski definition) is 2. The summed E-state index contributed by atoms with van der Waals surface area (Å²) in [5.74, 6) is 0.570. The van der Waals surface area contributed by atoms with Crippen LogP contribution in [-0.2, 0) is 6.42 Å². The first-order chi connectivity index (χ1) is 7.75. The summed E-state index contributed by atoms with van der Waals surface area (Å²) in [5.41, 5.74) is 0.687. The van der Waals surface area contributed by atoms with Crippen LogP contribution in [0.5, 0.6) is 0 Å². The minimum Gasteiger partial charge on any atom is -0.316 e. The summed E-state index contributed by atoms with van der Waals surface area (Å²) < 4.78 is 13.3. The molecule has 4 heteroatoms. The maximum Gasteiger partial charge on any atom is 0.126 e. The molecule has 0 bridgehead atoms. The Labute approximate surface area is 100 Å². The molecule has 0 spiro atoms. The quantitative estimate of drug-likeness (QED) is 0.770. The van der Waals surface area contributed by atoms with Gasteiger partial charge in [-0.1, -0.05) is 11.6 Å². The predicted molar refractivity (Wildman–Crippen MR) is 64.3 cm³/mol. The van der Waals surface area contributed by atoms with Crippen LogP contribution in [0.3, 0.4) is 0 Å². The highest BCUT2D eigenvalue weighted by molar-refractivity contribution is 6.30. The summed E-state index contributed by atoms with van der Waals surface area (Å²) in [5, 5.41) is 7.15. The normalized spacial score (nSPS) is 16.1. The van der Waals surface area contributed by atoms with E-state index < -0.39 is 0 Å². The Hall–Kier alpha value is -0.640. The number of halogens is 2. The van der Waals surface area contributed by atoms with E-state index >= 15 is 0 Å². The molecule has 1 aliphatic heterocycles. The second-order valence-corrected chi connectivity index (χ2v) is 4.65. The van der Waals surface area contributed by atoms with Crippen LogP contribution in [0, 0.1) is 11.7 Å². The van der Waals surface area contributed by atoms with Crippen molar-refractivity contribution in [3.05, 3.63) is 34.6 Å². The molecule has 0 radical (unpaired) electrons. The van der Waals surface area contributed by atoms with E-state index in [-0.39, 0.29) is 5.82 Å². The molecule has 16 heavy (non-hydrogen) atoms. The lowest BCUT2D eigenvalue weighted by molar-refractivity contribution is 0.332. The van der Waals surface area contributed by atoms with Gasteiger partial charge in [0.2, 0.25) is 0 Å². The van der Waals surface area contributed by atoms with Gasteiger partial charge in [0.15, 0.2) is 0 Å². The number of rotatable bonds is 5. The van der Waals surface area contributed by atoms with Gasteiger partial charge in [0.1, 0.15) is 5.82 Å². The highest BCUT2D eigenvalue weighted by Gasteiger charge is 2.15. The fourth-order valence-electron chi connectivity index (χ4n) is 1.76. The Balaban J connectivity index is 1.73. The summed E-state index contributed by atoms with van der Waals surface area (Å²) in [6, 6.07) is 4.70. The summed E-state index contributed by atoms with van der Waals surface area (Å²) in [7, 11) is 0. The second-order valence-electron chi connectivity index (χ2n) is 4.21. The van der Waals surface area contributed by atoms with E-state index in [0.29, 0.717) is 17.0 Å². The highest BCUT2D eigenvalue weighted by atomic mass is 35.5. The Kier molecular flexibility index (Phi) is 4.16. The maximum absolute atomic E-state index is 13.3. The number of nitrogens with one attached hydrogen (secondary N) is 2. The molecule has 1 saturated heterocycles. The van der Waals surface area contributed by atoms with Crippen LogP contribution in [0.4, 0.5) is 4.39 Å². The van der Waals surface area contributed by atoms with Crippen molar-refractivity contribution < 1.29 is 4.39 Å². The molecule has 0 amide bonds. The van der Waals surface area contributed by atoms with Crippen LogP contribution in [-0.4, -0.2) is 26.2 Å². The third-order valence-electron chi connectivity index (χ3n) is 2.88. The van der Waals surface area contributed by atoms with Gasteiger partial charge in [0, 0.05) is 24.7 Å². The molecule has 1 fully saturated rings. The zero-order valence-electron chi connectivity index (χ0n) is 9.10. The fourth-order valence-corrected chi connectivity index (χ4v) is 1.95. The van der Waals surface area contributed by atoms with Crippen molar-refractivity contribution >= 4 is 11.6 Å². The van der Waals surface area contributed by atoms with Gasteiger partial charge in [-0.15, -0.1) is 0 Å². The minimum absolute atomic E-state index is 0.170. The molecule has 0 saturated carbocycles. The van der Waals surface area contributed by atoms with Crippen LogP contribution in [0.2, 0.25) is 5.02 Å². The van der Waals surface area contributed by atoms with Crippen molar-refractivity contribution in [2.75, 3.05) is 26.2 Å². The van der Waals surface area contributed by atoms with E-state index in [1.165, 1.54) is 6.07 Å². The summed E-state index contributed by atoms with van der Waals surface area (Å²) in [6.07, 6.45) is 0.687. The van der Waals surface area contributed by atoms with Crippen molar-refractivity contribution in [1.29, 1.82) is 0 Å². The van der Waals surface area contributed by atoms with Crippen molar-refractivity contribution in [3.8, 4) is 0 Å². The molecule has 2 rings (SSSR count). The monoisotopic (exact) mass is 242 g/mol. The zero-order chi connectivity index (χ0) is 11.4. The third-order valence-corrected chi connectivity index (χ3v) is 3.11. The van der Waals surface area contributed by atoms with E-state index in [1.54, 1.807) is 12.1 Å². The average molecular weight is 243 g/mol. The Morgan fingerprint density at radius 1 is 1.44 bits per heavy atom.